The van der Waals surface area contributed by atoms with Crippen molar-refractivity contribution in [1.82, 2.24) is 9.99 Å². The molecule has 0 aliphatic heterocycles. The summed E-state index contributed by atoms with van der Waals surface area (Å²) in [5, 5.41) is 13.9. The summed E-state index contributed by atoms with van der Waals surface area (Å²) < 4.78 is 7.36. The van der Waals surface area contributed by atoms with E-state index in [0.29, 0.717) is 5.75 Å². The third-order valence-electron chi connectivity index (χ3n) is 4.16. The van der Waals surface area contributed by atoms with Gasteiger partial charge in [0.2, 0.25) is 0 Å². The summed E-state index contributed by atoms with van der Waals surface area (Å²) in [6.07, 6.45) is 3.41. The molecule has 0 radical (unpaired) electrons. The van der Waals surface area contributed by atoms with Gasteiger partial charge in [0.05, 0.1) is 12.3 Å². The van der Waals surface area contributed by atoms with Crippen molar-refractivity contribution in [2.24, 2.45) is 5.10 Å². The molecule has 3 aromatic rings. The van der Waals surface area contributed by atoms with E-state index < -0.39 is 0 Å². The molecule has 1 aromatic heterocycles. The molecule has 0 spiro atoms. The molecule has 0 bridgehead atoms. The second-order valence-corrected chi connectivity index (χ2v) is 6.36. The van der Waals surface area contributed by atoms with Gasteiger partial charge in [-0.3, -0.25) is 4.79 Å². The lowest BCUT2D eigenvalue weighted by molar-refractivity contribution is -0.123. The van der Waals surface area contributed by atoms with Gasteiger partial charge in [-0.1, -0.05) is 24.3 Å². The van der Waals surface area contributed by atoms with Crippen LogP contribution in [0.1, 0.15) is 5.56 Å². The Kier molecular flexibility index (Phi) is 5.92. The number of fused-ring (bicyclic) bond motifs is 1. The van der Waals surface area contributed by atoms with Gasteiger partial charge in [-0.25, -0.2) is 5.43 Å². The lowest BCUT2D eigenvalue weighted by Crippen LogP contribution is -2.24. The summed E-state index contributed by atoms with van der Waals surface area (Å²) >= 11 is 0. The van der Waals surface area contributed by atoms with Crippen LogP contribution in [0.15, 0.2) is 59.8 Å². The van der Waals surface area contributed by atoms with Crippen LogP contribution in [0, 0.1) is 11.3 Å². The molecule has 0 atom stereocenters. The maximum absolute atomic E-state index is 12.0. The molecular weight excluding hydrogens is 354 g/mol. The summed E-state index contributed by atoms with van der Waals surface area (Å²) in [5.41, 5.74) is 5.23. The molecule has 1 heterocycles. The average molecular weight is 375 g/mol. The first-order chi connectivity index (χ1) is 13.6. The monoisotopic (exact) mass is 375 g/mol. The van der Waals surface area contributed by atoms with Crippen LogP contribution >= 0.6 is 0 Å². The highest BCUT2D eigenvalue weighted by atomic mass is 16.5. The Morgan fingerprint density at radius 1 is 1.29 bits per heavy atom. The van der Waals surface area contributed by atoms with Gasteiger partial charge in [-0.2, -0.15) is 10.4 Å². The number of para-hydroxylation sites is 1. The number of anilines is 1. The van der Waals surface area contributed by atoms with Gasteiger partial charge in [0.1, 0.15) is 12.3 Å². The average Bonchev–Trinajstić information content (AvgIpc) is 3.05. The Labute approximate surface area is 163 Å². The van der Waals surface area contributed by atoms with Crippen molar-refractivity contribution in [3.05, 3.63) is 60.3 Å². The molecule has 0 unspecified atom stereocenters. The molecule has 3 rings (SSSR count). The fourth-order valence-corrected chi connectivity index (χ4v) is 2.79. The first-order valence-electron chi connectivity index (χ1n) is 8.75. The van der Waals surface area contributed by atoms with E-state index in [4.69, 9.17) is 10.00 Å². The molecule has 28 heavy (non-hydrogen) atoms. The number of amides is 1. The highest BCUT2D eigenvalue weighted by Crippen LogP contribution is 2.20. The standard InChI is InChI=1S/C21H21N5O2/c1-25(2)17-6-5-7-18(12-17)28-15-21(27)24-23-13-16-14-26(11-10-22)20-9-4-3-8-19(16)20/h3-9,12-14H,11,15H2,1-2H3,(H,24,27)/b23-13+. The summed E-state index contributed by atoms with van der Waals surface area (Å²) in [6, 6.07) is 17.4. The Bertz CT molecular complexity index is 1050. The Hall–Kier alpha value is -3.79. The molecule has 7 nitrogen and oxygen atoms in total. The highest BCUT2D eigenvalue weighted by Gasteiger charge is 2.07. The highest BCUT2D eigenvalue weighted by molar-refractivity contribution is 5.99. The van der Waals surface area contributed by atoms with Gasteiger partial charge in [0.25, 0.3) is 5.91 Å². The number of hydrogen-bond acceptors (Lipinski definition) is 5. The van der Waals surface area contributed by atoms with Gasteiger partial charge in [0, 0.05) is 48.5 Å². The van der Waals surface area contributed by atoms with E-state index in [1.54, 1.807) is 12.3 Å². The van der Waals surface area contributed by atoms with E-state index in [1.807, 2.05) is 72.2 Å². The number of carbonyl (C=O) groups is 1. The van der Waals surface area contributed by atoms with Crippen LogP contribution in [0.2, 0.25) is 0 Å². The van der Waals surface area contributed by atoms with E-state index >= 15 is 0 Å². The minimum atomic E-state index is -0.354. The predicted molar refractivity (Wildman–Crippen MR) is 110 cm³/mol. The van der Waals surface area contributed by atoms with Gasteiger partial charge in [-0.05, 0) is 18.2 Å². The summed E-state index contributed by atoms with van der Waals surface area (Å²) in [7, 11) is 3.88. The predicted octanol–water partition coefficient (Wildman–Crippen LogP) is 2.76. The van der Waals surface area contributed by atoms with Crippen LogP contribution in [0.4, 0.5) is 5.69 Å². The maximum Gasteiger partial charge on any atom is 0.277 e. The number of nitrogens with one attached hydrogen (secondary N) is 1. The Balaban J connectivity index is 1.60. The van der Waals surface area contributed by atoms with Crippen LogP contribution in [0.5, 0.6) is 5.75 Å². The molecule has 1 N–H and O–H groups in total. The second-order valence-electron chi connectivity index (χ2n) is 6.36. The van der Waals surface area contributed by atoms with E-state index in [1.165, 1.54) is 0 Å². The fraction of sp³-hybridized carbons (Fsp3) is 0.190. The zero-order valence-corrected chi connectivity index (χ0v) is 15.8. The van der Waals surface area contributed by atoms with Crippen molar-refractivity contribution in [3.63, 3.8) is 0 Å². The van der Waals surface area contributed by atoms with Gasteiger partial charge in [-0.15, -0.1) is 0 Å². The normalized spacial score (nSPS) is 10.8. The van der Waals surface area contributed by atoms with Gasteiger partial charge >= 0.3 is 0 Å². The number of rotatable bonds is 7. The van der Waals surface area contributed by atoms with Crippen molar-refractivity contribution in [2.75, 3.05) is 25.6 Å². The lowest BCUT2D eigenvalue weighted by atomic mass is 10.2. The number of hydrogen-bond donors (Lipinski definition) is 1. The molecule has 0 aliphatic carbocycles. The molecule has 7 heteroatoms. The number of nitrogens with zero attached hydrogens (tertiary/aromatic N) is 4. The zero-order valence-electron chi connectivity index (χ0n) is 15.8. The summed E-state index contributed by atoms with van der Waals surface area (Å²) in [5.74, 6) is 0.261. The largest absolute Gasteiger partial charge is 0.484 e. The van der Waals surface area contributed by atoms with Gasteiger partial charge in [0.15, 0.2) is 6.61 Å². The Morgan fingerprint density at radius 2 is 2.11 bits per heavy atom. The fourth-order valence-electron chi connectivity index (χ4n) is 2.79. The van der Waals surface area contributed by atoms with E-state index in [2.05, 4.69) is 16.6 Å². The topological polar surface area (TPSA) is 82.7 Å². The minimum absolute atomic E-state index is 0.135. The SMILES string of the molecule is CN(C)c1cccc(OCC(=O)N/N=C/c2cn(CC#N)c3ccccc23)c1. The van der Waals surface area contributed by atoms with Crippen molar-refractivity contribution < 1.29 is 9.53 Å². The van der Waals surface area contributed by atoms with Crippen LogP contribution in [0.25, 0.3) is 10.9 Å². The second kappa shape index (κ2) is 8.73. The van der Waals surface area contributed by atoms with Crippen molar-refractivity contribution in [2.45, 2.75) is 6.54 Å². The van der Waals surface area contributed by atoms with E-state index in [-0.39, 0.29) is 19.1 Å². The number of ether oxygens (including phenoxy) is 1. The number of aromatic nitrogens is 1. The zero-order chi connectivity index (χ0) is 19.9. The Morgan fingerprint density at radius 3 is 2.89 bits per heavy atom. The van der Waals surface area contributed by atoms with Crippen LogP contribution in [-0.4, -0.2) is 37.4 Å². The summed E-state index contributed by atoms with van der Waals surface area (Å²) in [4.78, 5) is 13.9. The van der Waals surface area contributed by atoms with Crippen LogP contribution in [0.3, 0.4) is 0 Å². The summed E-state index contributed by atoms with van der Waals surface area (Å²) in [6.45, 7) is 0.116. The minimum Gasteiger partial charge on any atom is -0.484 e. The first kappa shape index (κ1) is 19.0. The molecule has 0 fully saturated rings. The molecule has 0 saturated heterocycles. The molecule has 1 amide bonds. The van der Waals surface area contributed by atoms with Crippen molar-refractivity contribution >= 4 is 28.7 Å². The lowest BCUT2D eigenvalue weighted by Gasteiger charge is -2.13. The maximum atomic E-state index is 12.0. The number of carbonyl (C=O) groups excluding carboxylic acids is 1. The van der Waals surface area contributed by atoms with E-state index in [9.17, 15) is 4.79 Å². The first-order valence-corrected chi connectivity index (χ1v) is 8.75. The number of benzene rings is 2. The number of nitriles is 1. The molecule has 142 valence electrons. The van der Waals surface area contributed by atoms with Crippen molar-refractivity contribution in [3.8, 4) is 11.8 Å². The molecule has 0 aliphatic rings. The molecule has 2 aromatic carbocycles. The third kappa shape index (κ3) is 4.48. The van der Waals surface area contributed by atoms with Crippen LogP contribution in [-0.2, 0) is 11.3 Å². The molecule has 0 saturated carbocycles. The van der Waals surface area contributed by atoms with Gasteiger partial charge < -0.3 is 14.2 Å². The van der Waals surface area contributed by atoms with Crippen molar-refractivity contribution in [1.29, 1.82) is 5.26 Å². The number of hydrazone groups is 1. The quantitative estimate of drug-likeness (QED) is 0.508. The smallest absolute Gasteiger partial charge is 0.277 e. The third-order valence-corrected chi connectivity index (χ3v) is 4.16. The van der Waals surface area contributed by atoms with E-state index in [0.717, 1.165) is 22.2 Å². The molecular formula is C21H21N5O2. The van der Waals surface area contributed by atoms with Crippen LogP contribution < -0.4 is 15.1 Å².